The highest BCUT2D eigenvalue weighted by Crippen LogP contribution is 2.50. The van der Waals surface area contributed by atoms with Gasteiger partial charge in [-0.3, -0.25) is 30.9 Å². The van der Waals surface area contributed by atoms with E-state index in [-0.39, 0.29) is 38.2 Å². The van der Waals surface area contributed by atoms with Crippen LogP contribution in [0.1, 0.15) is 12.5 Å². The predicted octanol–water partition coefficient (Wildman–Crippen LogP) is 4.96. The van der Waals surface area contributed by atoms with E-state index in [2.05, 4.69) is 4.99 Å². The lowest BCUT2D eigenvalue weighted by molar-refractivity contribution is -0.393. The monoisotopic (exact) mass is 613 g/mol. The third kappa shape index (κ3) is 7.69. The summed E-state index contributed by atoms with van der Waals surface area (Å²) in [5, 5.41) is 22.2. The zero-order valence-corrected chi connectivity index (χ0v) is 21.7. The highest BCUT2D eigenvalue weighted by atomic mass is 35.6. The molecule has 0 aliphatic carbocycles. The Morgan fingerprint density at radius 3 is 2.22 bits per heavy atom. The molecule has 2 N–H and O–H groups in total. The molecule has 19 heteroatoms. The van der Waals surface area contributed by atoms with Crippen LogP contribution in [0.5, 0.6) is 0 Å². The zero-order valence-electron chi connectivity index (χ0n) is 18.6. The number of nitrogens with two attached hydrogens (primary N) is 1. The van der Waals surface area contributed by atoms with Crippen molar-refractivity contribution in [1.82, 2.24) is 0 Å². The number of hydrogen-bond donors (Lipinski definition) is 1. The van der Waals surface area contributed by atoms with Gasteiger partial charge in [0.15, 0.2) is 12.2 Å². The normalized spacial score (nSPS) is 16.4. The molecule has 0 saturated heterocycles. The van der Waals surface area contributed by atoms with Gasteiger partial charge in [0.2, 0.25) is 9.48 Å². The second kappa shape index (κ2) is 12.6. The maximum Gasteiger partial charge on any atom is 0.418 e. The van der Waals surface area contributed by atoms with Crippen LogP contribution in [-0.4, -0.2) is 58.7 Å². The summed E-state index contributed by atoms with van der Waals surface area (Å²) >= 11 is 23.3. The predicted molar refractivity (Wildman–Crippen MR) is 129 cm³/mol. The number of rotatable bonds is 11. The number of nitro groups is 2. The molecule has 0 aromatic heterocycles. The smallest absolute Gasteiger partial charge is 0.418 e. The number of nitro benzene ring substituents is 2. The molecule has 1 aromatic rings. The van der Waals surface area contributed by atoms with Crippen molar-refractivity contribution in [3.63, 3.8) is 0 Å². The average Bonchev–Trinajstić information content (AvgIpc) is 2.76. The summed E-state index contributed by atoms with van der Waals surface area (Å²) in [4.78, 5) is 25.5. The second-order valence-electron chi connectivity index (χ2n) is 6.90. The number of ether oxygens (including phenoxy) is 3. The molecule has 2 rings (SSSR count). The molecule has 1 heterocycles. The van der Waals surface area contributed by atoms with Crippen molar-refractivity contribution in [2.75, 3.05) is 37.9 Å². The lowest BCUT2D eigenvalue weighted by Gasteiger charge is -2.34. The third-order valence-corrected chi connectivity index (χ3v) is 5.46. The molecular weight excluding hydrogens is 597 g/mol. The summed E-state index contributed by atoms with van der Waals surface area (Å²) < 4.78 is 54.2. The minimum Gasteiger partial charge on any atom is -0.476 e. The molecule has 37 heavy (non-hydrogen) atoms. The molecule has 1 aromatic carbocycles. The Morgan fingerprint density at radius 2 is 1.70 bits per heavy atom. The van der Waals surface area contributed by atoms with Crippen molar-refractivity contribution in [2.45, 2.75) is 23.2 Å². The molecule has 0 bridgehead atoms. The zero-order chi connectivity index (χ0) is 28.1. The molecule has 0 spiro atoms. The Bertz CT molecular complexity index is 1100. The van der Waals surface area contributed by atoms with Crippen molar-refractivity contribution in [3.8, 4) is 0 Å². The maximum atomic E-state index is 13.5. The molecule has 1 aliphatic rings. The summed E-state index contributed by atoms with van der Waals surface area (Å²) in [6.07, 6.45) is -6.09. The Hall–Kier alpha value is -2.14. The SMILES string of the molecule is CCOCCOCCOC1=CC(C(Cl)(Cl)Cl)=NC(N)N1c1c([N+](=O)[O-])cc(C(F)(F)F)c(Cl)c1[N+](=O)[O-]. The molecule has 0 saturated carbocycles. The van der Waals surface area contributed by atoms with Gasteiger partial charge in [-0.05, 0) is 6.92 Å². The highest BCUT2D eigenvalue weighted by Gasteiger charge is 2.46. The molecule has 0 fully saturated rings. The van der Waals surface area contributed by atoms with Gasteiger partial charge in [-0.25, -0.2) is 4.99 Å². The minimum atomic E-state index is -5.26. The Morgan fingerprint density at radius 1 is 1.11 bits per heavy atom. The number of allylic oxidation sites excluding steroid dienone is 1. The van der Waals surface area contributed by atoms with E-state index in [1.165, 1.54) is 0 Å². The fourth-order valence-corrected chi connectivity index (χ4v) is 3.63. The number of anilines is 1. The average molecular weight is 615 g/mol. The molecular formula is C18H18Cl4F3N5O7. The first-order valence-corrected chi connectivity index (χ1v) is 11.5. The van der Waals surface area contributed by atoms with Gasteiger partial charge in [-0.1, -0.05) is 46.4 Å². The van der Waals surface area contributed by atoms with E-state index in [0.717, 1.165) is 6.08 Å². The van der Waals surface area contributed by atoms with Gasteiger partial charge >= 0.3 is 17.6 Å². The van der Waals surface area contributed by atoms with Crippen molar-refractivity contribution < 1.29 is 37.2 Å². The van der Waals surface area contributed by atoms with Gasteiger partial charge < -0.3 is 14.2 Å². The number of hydrogen-bond acceptors (Lipinski definition) is 10. The van der Waals surface area contributed by atoms with E-state index in [0.29, 0.717) is 11.5 Å². The van der Waals surface area contributed by atoms with E-state index in [4.69, 9.17) is 66.3 Å². The number of halogens is 7. The van der Waals surface area contributed by atoms with E-state index in [1.807, 2.05) is 0 Å². The molecule has 12 nitrogen and oxygen atoms in total. The van der Waals surface area contributed by atoms with Gasteiger partial charge in [0.1, 0.15) is 11.6 Å². The van der Waals surface area contributed by atoms with Gasteiger partial charge in [0.05, 0.1) is 40.9 Å². The Balaban J connectivity index is 2.64. The first-order valence-electron chi connectivity index (χ1n) is 10.0. The Labute approximate surface area is 226 Å². The molecule has 1 unspecified atom stereocenters. The minimum absolute atomic E-state index is 0.0417. The summed E-state index contributed by atoms with van der Waals surface area (Å²) in [6.45, 7) is 2.39. The van der Waals surface area contributed by atoms with Gasteiger partial charge in [0.25, 0.3) is 0 Å². The van der Waals surface area contributed by atoms with Crippen LogP contribution in [0.3, 0.4) is 0 Å². The van der Waals surface area contributed by atoms with E-state index in [9.17, 15) is 33.4 Å². The number of alkyl halides is 6. The fourth-order valence-electron chi connectivity index (χ4n) is 3.00. The highest BCUT2D eigenvalue weighted by molar-refractivity contribution is 6.77. The van der Waals surface area contributed by atoms with Crippen molar-refractivity contribution in [1.29, 1.82) is 0 Å². The van der Waals surface area contributed by atoms with Crippen LogP contribution in [0.4, 0.5) is 30.2 Å². The van der Waals surface area contributed by atoms with Crippen molar-refractivity contribution >= 4 is 69.2 Å². The van der Waals surface area contributed by atoms with Crippen molar-refractivity contribution in [3.05, 3.63) is 48.8 Å². The van der Waals surface area contributed by atoms with E-state index < -0.39 is 59.6 Å². The largest absolute Gasteiger partial charge is 0.476 e. The van der Waals surface area contributed by atoms with Gasteiger partial charge in [0, 0.05) is 18.7 Å². The van der Waals surface area contributed by atoms with Crippen LogP contribution in [0.25, 0.3) is 0 Å². The Kier molecular flexibility index (Phi) is 10.6. The third-order valence-electron chi connectivity index (χ3n) is 4.50. The van der Waals surface area contributed by atoms with Gasteiger partial charge in [-0.15, -0.1) is 0 Å². The first kappa shape index (κ1) is 31.1. The summed E-state index contributed by atoms with van der Waals surface area (Å²) in [6, 6.07) is 0.0417. The van der Waals surface area contributed by atoms with Crippen LogP contribution in [0.15, 0.2) is 23.0 Å². The lowest BCUT2D eigenvalue weighted by Crippen LogP contribution is -2.46. The number of nitrogens with zero attached hydrogens (tertiary/aromatic N) is 4. The summed E-state index contributed by atoms with van der Waals surface area (Å²) in [7, 11) is 0. The molecule has 1 atom stereocenters. The maximum absolute atomic E-state index is 13.5. The topological polar surface area (TPSA) is 156 Å². The van der Waals surface area contributed by atoms with E-state index >= 15 is 0 Å². The molecule has 1 aliphatic heterocycles. The first-order chi connectivity index (χ1) is 17.1. The molecule has 0 radical (unpaired) electrons. The van der Waals surface area contributed by atoms with Crippen LogP contribution in [0.2, 0.25) is 5.02 Å². The van der Waals surface area contributed by atoms with Crippen LogP contribution in [-0.2, 0) is 20.4 Å². The standard InChI is InChI=1S/C18H18Cl4F3N5O7/c1-2-35-3-4-36-5-6-37-12-8-11(17(20,21)22)27-16(26)28(12)14-10(29(31)32)7-9(18(23,24)25)13(19)15(14)30(33)34/h7-8,16H,2-6,26H2,1H3. The lowest BCUT2D eigenvalue weighted by atomic mass is 10.1. The van der Waals surface area contributed by atoms with Crippen LogP contribution >= 0.6 is 46.4 Å². The molecule has 0 amide bonds. The molecule has 206 valence electrons. The van der Waals surface area contributed by atoms with Gasteiger partial charge in [-0.2, -0.15) is 13.2 Å². The van der Waals surface area contributed by atoms with Crippen molar-refractivity contribution in [2.24, 2.45) is 10.7 Å². The second-order valence-corrected chi connectivity index (χ2v) is 9.56. The number of benzene rings is 1. The fraction of sp³-hybridized carbons (Fsp3) is 0.500. The quantitative estimate of drug-likeness (QED) is 0.157. The van der Waals surface area contributed by atoms with Crippen LogP contribution < -0.4 is 10.6 Å². The number of aliphatic imine (C=N–C) groups is 1. The summed E-state index contributed by atoms with van der Waals surface area (Å²) in [5.74, 6) is -0.473. The summed E-state index contributed by atoms with van der Waals surface area (Å²) in [5.41, 5.74) is -0.00587. The van der Waals surface area contributed by atoms with Crippen LogP contribution in [0, 0.1) is 20.2 Å². The van der Waals surface area contributed by atoms with E-state index in [1.54, 1.807) is 6.92 Å².